The van der Waals surface area contributed by atoms with E-state index in [1.807, 2.05) is 62.4 Å². The maximum absolute atomic E-state index is 11.8. The van der Waals surface area contributed by atoms with Gasteiger partial charge >= 0.3 is 5.97 Å². The lowest BCUT2D eigenvalue weighted by Crippen LogP contribution is -2.11. The smallest absolute Gasteiger partial charge is 0.315 e. The zero-order chi connectivity index (χ0) is 13.0. The molecule has 0 radical (unpaired) electrons. The molecule has 0 saturated carbocycles. The molecular formula is C16H16O2. The van der Waals surface area contributed by atoms with Gasteiger partial charge in [0, 0.05) is 0 Å². The molecule has 2 rings (SSSR count). The largest absolute Gasteiger partial charge is 0.426 e. The average Bonchev–Trinajstić information content (AvgIpc) is 2.35. The standard InChI is InChI=1S/C16H16O2/c1-12-8-9-13(2)15(10-12)18-16(17)11-14-6-4-3-5-7-14/h3-10H,11H2,1-2H3. The highest BCUT2D eigenvalue weighted by atomic mass is 16.5. The van der Waals surface area contributed by atoms with Gasteiger partial charge in [-0.15, -0.1) is 0 Å². The molecule has 0 unspecified atom stereocenters. The van der Waals surface area contributed by atoms with E-state index in [2.05, 4.69) is 0 Å². The number of benzene rings is 2. The summed E-state index contributed by atoms with van der Waals surface area (Å²) in [5.74, 6) is 0.422. The molecule has 2 heteroatoms. The highest BCUT2D eigenvalue weighted by Crippen LogP contribution is 2.19. The summed E-state index contributed by atoms with van der Waals surface area (Å²) in [5.41, 5.74) is 3.03. The van der Waals surface area contributed by atoms with E-state index in [9.17, 15) is 4.79 Å². The third kappa shape index (κ3) is 3.20. The van der Waals surface area contributed by atoms with E-state index in [0.717, 1.165) is 16.7 Å². The fraction of sp³-hybridized carbons (Fsp3) is 0.188. The van der Waals surface area contributed by atoms with Gasteiger partial charge < -0.3 is 4.74 Å². The van der Waals surface area contributed by atoms with Crippen LogP contribution >= 0.6 is 0 Å². The van der Waals surface area contributed by atoms with Gasteiger partial charge in [-0.25, -0.2) is 0 Å². The number of carbonyl (C=O) groups is 1. The van der Waals surface area contributed by atoms with Crippen molar-refractivity contribution in [1.29, 1.82) is 0 Å². The van der Waals surface area contributed by atoms with E-state index >= 15 is 0 Å². The van der Waals surface area contributed by atoms with Crippen LogP contribution in [0.15, 0.2) is 48.5 Å². The molecule has 0 saturated heterocycles. The Bertz CT molecular complexity index is 544. The minimum Gasteiger partial charge on any atom is -0.426 e. The van der Waals surface area contributed by atoms with Crippen molar-refractivity contribution in [3.05, 3.63) is 65.2 Å². The van der Waals surface area contributed by atoms with Crippen molar-refractivity contribution >= 4 is 5.97 Å². The van der Waals surface area contributed by atoms with Crippen LogP contribution in [0.3, 0.4) is 0 Å². The first-order valence-corrected chi connectivity index (χ1v) is 5.97. The van der Waals surface area contributed by atoms with E-state index in [1.165, 1.54) is 0 Å². The second-order valence-electron chi connectivity index (χ2n) is 4.41. The number of rotatable bonds is 3. The summed E-state index contributed by atoms with van der Waals surface area (Å²) in [6.45, 7) is 3.92. The Labute approximate surface area is 107 Å². The lowest BCUT2D eigenvalue weighted by molar-refractivity contribution is -0.133. The fourth-order valence-electron chi connectivity index (χ4n) is 1.74. The van der Waals surface area contributed by atoms with Crippen LogP contribution in [-0.2, 0) is 11.2 Å². The number of esters is 1. The summed E-state index contributed by atoms with van der Waals surface area (Å²) >= 11 is 0. The van der Waals surface area contributed by atoms with E-state index in [4.69, 9.17) is 4.74 Å². The van der Waals surface area contributed by atoms with Crippen LogP contribution in [0.5, 0.6) is 5.75 Å². The molecule has 0 bridgehead atoms. The second kappa shape index (κ2) is 5.50. The van der Waals surface area contributed by atoms with Crippen LogP contribution < -0.4 is 4.74 Å². The van der Waals surface area contributed by atoms with Gasteiger partial charge in [-0.3, -0.25) is 4.79 Å². The molecule has 0 N–H and O–H groups in total. The van der Waals surface area contributed by atoms with Crippen molar-refractivity contribution in [1.82, 2.24) is 0 Å². The van der Waals surface area contributed by atoms with Gasteiger partial charge in [0.15, 0.2) is 0 Å². The Balaban J connectivity index is 2.05. The van der Waals surface area contributed by atoms with Gasteiger partial charge in [0.1, 0.15) is 5.75 Å². The predicted molar refractivity (Wildman–Crippen MR) is 71.7 cm³/mol. The van der Waals surface area contributed by atoms with E-state index in [1.54, 1.807) is 0 Å². The van der Waals surface area contributed by atoms with Crippen molar-refractivity contribution in [3.8, 4) is 5.75 Å². The molecule has 18 heavy (non-hydrogen) atoms. The van der Waals surface area contributed by atoms with Crippen molar-refractivity contribution in [2.75, 3.05) is 0 Å². The van der Waals surface area contributed by atoms with E-state index in [-0.39, 0.29) is 5.97 Å². The maximum Gasteiger partial charge on any atom is 0.315 e. The topological polar surface area (TPSA) is 26.3 Å². The number of ether oxygens (including phenoxy) is 1. The molecule has 0 aliphatic carbocycles. The minimum absolute atomic E-state index is 0.227. The van der Waals surface area contributed by atoms with Crippen LogP contribution in [0.25, 0.3) is 0 Å². The van der Waals surface area contributed by atoms with Crippen molar-refractivity contribution in [3.63, 3.8) is 0 Å². The summed E-state index contributed by atoms with van der Waals surface area (Å²) < 4.78 is 5.39. The second-order valence-corrected chi connectivity index (χ2v) is 4.41. The summed E-state index contributed by atoms with van der Waals surface area (Å²) in [4.78, 5) is 11.8. The summed E-state index contributed by atoms with van der Waals surface area (Å²) in [6, 6.07) is 15.5. The van der Waals surface area contributed by atoms with Gasteiger partial charge in [-0.05, 0) is 36.6 Å². The quantitative estimate of drug-likeness (QED) is 0.606. The molecule has 0 atom stereocenters. The van der Waals surface area contributed by atoms with Crippen LogP contribution in [-0.4, -0.2) is 5.97 Å². The van der Waals surface area contributed by atoms with Gasteiger partial charge in [0.05, 0.1) is 6.42 Å². The molecule has 92 valence electrons. The van der Waals surface area contributed by atoms with Crippen molar-refractivity contribution < 1.29 is 9.53 Å². The van der Waals surface area contributed by atoms with Gasteiger partial charge in [-0.1, -0.05) is 42.5 Å². The van der Waals surface area contributed by atoms with Gasteiger partial charge in [0.2, 0.25) is 0 Å². The third-order valence-electron chi connectivity index (χ3n) is 2.76. The SMILES string of the molecule is Cc1ccc(C)c(OC(=O)Cc2ccccc2)c1. The van der Waals surface area contributed by atoms with E-state index < -0.39 is 0 Å². The summed E-state index contributed by atoms with van der Waals surface area (Å²) in [7, 11) is 0. The zero-order valence-electron chi connectivity index (χ0n) is 10.6. The fourth-order valence-corrected chi connectivity index (χ4v) is 1.74. The number of carbonyl (C=O) groups excluding carboxylic acids is 1. The number of hydrogen-bond acceptors (Lipinski definition) is 2. The molecule has 0 aromatic heterocycles. The Kier molecular flexibility index (Phi) is 3.78. The molecule has 2 nitrogen and oxygen atoms in total. The third-order valence-corrected chi connectivity index (χ3v) is 2.76. The first kappa shape index (κ1) is 12.4. The summed E-state index contributed by atoms with van der Waals surface area (Å²) in [5, 5.41) is 0. The lowest BCUT2D eigenvalue weighted by Gasteiger charge is -2.08. The molecule has 0 spiro atoms. The Hall–Kier alpha value is -2.09. The highest BCUT2D eigenvalue weighted by Gasteiger charge is 2.08. The lowest BCUT2D eigenvalue weighted by atomic mass is 10.1. The average molecular weight is 240 g/mol. The van der Waals surface area contributed by atoms with Crippen LogP contribution in [0.4, 0.5) is 0 Å². The number of aryl methyl sites for hydroxylation is 2. The normalized spacial score (nSPS) is 10.1. The Morgan fingerprint density at radius 1 is 1.06 bits per heavy atom. The molecule has 2 aromatic carbocycles. The zero-order valence-corrected chi connectivity index (χ0v) is 10.6. The van der Waals surface area contributed by atoms with Crippen LogP contribution in [0.1, 0.15) is 16.7 Å². The van der Waals surface area contributed by atoms with Gasteiger partial charge in [0.25, 0.3) is 0 Å². The number of hydrogen-bond donors (Lipinski definition) is 0. The van der Waals surface area contributed by atoms with Crippen molar-refractivity contribution in [2.45, 2.75) is 20.3 Å². The first-order chi connectivity index (χ1) is 8.65. The van der Waals surface area contributed by atoms with Gasteiger partial charge in [-0.2, -0.15) is 0 Å². The van der Waals surface area contributed by atoms with Crippen LogP contribution in [0, 0.1) is 13.8 Å². The molecular weight excluding hydrogens is 224 g/mol. The highest BCUT2D eigenvalue weighted by molar-refractivity contribution is 5.75. The first-order valence-electron chi connectivity index (χ1n) is 5.97. The van der Waals surface area contributed by atoms with E-state index in [0.29, 0.717) is 12.2 Å². The monoisotopic (exact) mass is 240 g/mol. The molecule has 0 heterocycles. The molecule has 0 fully saturated rings. The Morgan fingerprint density at radius 3 is 2.50 bits per heavy atom. The Morgan fingerprint density at radius 2 is 1.78 bits per heavy atom. The van der Waals surface area contributed by atoms with Crippen LogP contribution in [0.2, 0.25) is 0 Å². The minimum atomic E-state index is -0.227. The molecule has 2 aromatic rings. The molecule has 0 aliphatic heterocycles. The predicted octanol–water partition coefficient (Wildman–Crippen LogP) is 3.45. The summed E-state index contributed by atoms with van der Waals surface area (Å²) in [6.07, 6.45) is 0.300. The molecule has 0 aliphatic rings. The molecule has 0 amide bonds. The van der Waals surface area contributed by atoms with Crippen molar-refractivity contribution in [2.24, 2.45) is 0 Å². The maximum atomic E-state index is 11.8.